The van der Waals surface area contributed by atoms with Gasteiger partial charge in [0, 0.05) is 19.1 Å². The van der Waals surface area contributed by atoms with E-state index in [9.17, 15) is 14.5 Å². The fraction of sp³-hybridized carbons (Fsp3) is 0.444. The average molecular weight is 374 g/mol. The Morgan fingerprint density at radius 1 is 1.26 bits per heavy atom. The molecule has 9 heteroatoms. The Kier molecular flexibility index (Phi) is 6.12. The van der Waals surface area contributed by atoms with E-state index >= 15 is 0 Å². The first-order valence-corrected chi connectivity index (χ1v) is 9.00. The Bertz CT molecular complexity index is 795. The van der Waals surface area contributed by atoms with E-state index in [-0.39, 0.29) is 29.3 Å². The highest BCUT2D eigenvalue weighted by molar-refractivity contribution is 5.57. The molecule has 8 nitrogen and oxygen atoms in total. The minimum Gasteiger partial charge on any atom is -0.364 e. The van der Waals surface area contributed by atoms with Crippen molar-refractivity contribution in [3.05, 3.63) is 52.0 Å². The molecule has 2 aromatic rings. The smallest absolute Gasteiger partial charge is 0.329 e. The van der Waals surface area contributed by atoms with E-state index in [0.29, 0.717) is 19.0 Å². The van der Waals surface area contributed by atoms with E-state index < -0.39 is 4.92 Å². The van der Waals surface area contributed by atoms with Crippen LogP contribution in [0.1, 0.15) is 31.2 Å². The van der Waals surface area contributed by atoms with Crippen molar-refractivity contribution in [3.8, 4) is 0 Å². The molecule has 1 aromatic carbocycles. The van der Waals surface area contributed by atoms with Crippen LogP contribution < -0.4 is 16.4 Å². The first-order valence-electron chi connectivity index (χ1n) is 9.00. The fourth-order valence-corrected chi connectivity index (χ4v) is 3.19. The van der Waals surface area contributed by atoms with Crippen LogP contribution in [0.15, 0.2) is 30.5 Å². The number of nitrogens with one attached hydrogen (secondary N) is 2. The maximum atomic E-state index is 13.2. The molecule has 0 amide bonds. The minimum atomic E-state index is -0.504. The Morgan fingerprint density at radius 2 is 2.04 bits per heavy atom. The summed E-state index contributed by atoms with van der Waals surface area (Å²) >= 11 is 0. The third-order valence-electron chi connectivity index (χ3n) is 4.76. The van der Waals surface area contributed by atoms with Crippen molar-refractivity contribution in [1.29, 1.82) is 0 Å². The number of benzene rings is 1. The van der Waals surface area contributed by atoms with Crippen LogP contribution in [0.3, 0.4) is 0 Å². The zero-order valence-corrected chi connectivity index (χ0v) is 14.9. The molecule has 1 heterocycles. The van der Waals surface area contributed by atoms with Crippen molar-refractivity contribution in [3.63, 3.8) is 0 Å². The van der Waals surface area contributed by atoms with Crippen molar-refractivity contribution in [2.24, 2.45) is 11.7 Å². The maximum Gasteiger partial charge on any atom is 0.329 e. The van der Waals surface area contributed by atoms with Crippen LogP contribution in [0.2, 0.25) is 0 Å². The van der Waals surface area contributed by atoms with E-state index in [4.69, 9.17) is 5.73 Å². The predicted octanol–water partition coefficient (Wildman–Crippen LogP) is 3.07. The number of nitrogens with two attached hydrogens (primary N) is 1. The van der Waals surface area contributed by atoms with Crippen molar-refractivity contribution in [2.75, 3.05) is 17.2 Å². The van der Waals surface area contributed by atoms with Crippen molar-refractivity contribution in [1.82, 2.24) is 9.97 Å². The molecular formula is C18H23FN6O2. The molecule has 1 aliphatic rings. The van der Waals surface area contributed by atoms with Crippen LogP contribution in [0.5, 0.6) is 0 Å². The molecule has 1 fully saturated rings. The van der Waals surface area contributed by atoms with E-state index in [2.05, 4.69) is 20.6 Å². The van der Waals surface area contributed by atoms with Gasteiger partial charge >= 0.3 is 5.69 Å². The lowest BCUT2D eigenvalue weighted by Gasteiger charge is -2.26. The second-order valence-electron chi connectivity index (χ2n) is 6.83. The average Bonchev–Trinajstić information content (AvgIpc) is 2.66. The lowest BCUT2D eigenvalue weighted by atomic mass is 9.86. The third kappa shape index (κ3) is 5.33. The zero-order chi connectivity index (χ0) is 19.2. The standard InChI is InChI=1S/C18H23FN6O2/c19-14-3-1-2-13(8-14)10-22-18-23-11-16(25(26)27)17(24-18)21-9-12-4-6-15(20)7-5-12/h1-3,8,11-12,15H,4-7,9-10,20H2,(H2,21,22,23,24). The molecule has 1 aromatic heterocycles. The fourth-order valence-electron chi connectivity index (χ4n) is 3.19. The monoisotopic (exact) mass is 374 g/mol. The highest BCUT2D eigenvalue weighted by atomic mass is 19.1. The molecule has 0 bridgehead atoms. The molecule has 1 saturated carbocycles. The predicted molar refractivity (Wildman–Crippen MR) is 101 cm³/mol. The van der Waals surface area contributed by atoms with Crippen molar-refractivity contribution >= 4 is 17.5 Å². The normalized spacial score (nSPS) is 19.5. The quantitative estimate of drug-likeness (QED) is 0.503. The van der Waals surface area contributed by atoms with Crippen LogP contribution in [0, 0.1) is 21.8 Å². The highest BCUT2D eigenvalue weighted by Crippen LogP contribution is 2.26. The molecule has 4 N–H and O–H groups in total. The molecular weight excluding hydrogens is 351 g/mol. The number of hydrogen-bond donors (Lipinski definition) is 3. The van der Waals surface area contributed by atoms with Crippen molar-refractivity contribution in [2.45, 2.75) is 38.3 Å². The lowest BCUT2D eigenvalue weighted by Crippen LogP contribution is -2.29. The van der Waals surface area contributed by atoms with Gasteiger partial charge in [-0.3, -0.25) is 10.1 Å². The van der Waals surface area contributed by atoms with E-state index in [1.54, 1.807) is 12.1 Å². The second-order valence-corrected chi connectivity index (χ2v) is 6.83. The summed E-state index contributed by atoms with van der Waals surface area (Å²) in [6, 6.07) is 6.42. The highest BCUT2D eigenvalue weighted by Gasteiger charge is 2.21. The largest absolute Gasteiger partial charge is 0.364 e. The lowest BCUT2D eigenvalue weighted by molar-refractivity contribution is -0.384. The Labute approximate surface area is 156 Å². The number of nitrogens with zero attached hydrogens (tertiary/aromatic N) is 3. The van der Waals surface area contributed by atoms with Crippen LogP contribution in [0.25, 0.3) is 0 Å². The summed E-state index contributed by atoms with van der Waals surface area (Å²) in [6.45, 7) is 0.920. The summed E-state index contributed by atoms with van der Waals surface area (Å²) in [6.07, 6.45) is 5.12. The Balaban J connectivity index is 1.65. The molecule has 1 aliphatic carbocycles. The summed E-state index contributed by atoms with van der Waals surface area (Å²) in [5.41, 5.74) is 6.48. The van der Waals surface area contributed by atoms with Gasteiger partial charge in [0.25, 0.3) is 0 Å². The Hall–Kier alpha value is -2.81. The molecule has 144 valence electrons. The third-order valence-corrected chi connectivity index (χ3v) is 4.76. The summed E-state index contributed by atoms with van der Waals surface area (Å²) < 4.78 is 13.2. The van der Waals surface area contributed by atoms with E-state index in [0.717, 1.165) is 31.2 Å². The molecule has 0 aliphatic heterocycles. The number of anilines is 2. The van der Waals surface area contributed by atoms with Gasteiger partial charge < -0.3 is 16.4 Å². The summed E-state index contributed by atoms with van der Waals surface area (Å²) in [7, 11) is 0. The first-order chi connectivity index (χ1) is 13.0. The Morgan fingerprint density at radius 3 is 2.74 bits per heavy atom. The number of hydrogen-bond acceptors (Lipinski definition) is 7. The SMILES string of the molecule is NC1CCC(CNc2nc(NCc3cccc(F)c3)ncc2[N+](=O)[O-])CC1. The van der Waals surface area contributed by atoms with Gasteiger partial charge in [-0.25, -0.2) is 9.37 Å². The summed E-state index contributed by atoms with van der Waals surface area (Å²) in [4.78, 5) is 19.0. The molecule has 0 unspecified atom stereocenters. The number of aromatic nitrogens is 2. The van der Waals surface area contributed by atoms with Gasteiger partial charge in [0.2, 0.25) is 11.8 Å². The van der Waals surface area contributed by atoms with Gasteiger partial charge in [-0.2, -0.15) is 4.98 Å². The van der Waals surface area contributed by atoms with Gasteiger partial charge in [-0.15, -0.1) is 0 Å². The summed E-state index contributed by atoms with van der Waals surface area (Å²) in [5.74, 6) is 0.529. The maximum absolute atomic E-state index is 13.2. The molecule has 0 atom stereocenters. The number of halogens is 1. The van der Waals surface area contributed by atoms with Gasteiger partial charge in [0.1, 0.15) is 12.0 Å². The molecule has 0 radical (unpaired) electrons. The topological polar surface area (TPSA) is 119 Å². The second kappa shape index (κ2) is 8.72. The van der Waals surface area contributed by atoms with Gasteiger partial charge in [-0.1, -0.05) is 12.1 Å². The molecule has 0 spiro atoms. The first kappa shape index (κ1) is 19.0. The van der Waals surface area contributed by atoms with Crippen LogP contribution in [-0.2, 0) is 6.54 Å². The van der Waals surface area contributed by atoms with E-state index in [1.807, 2.05) is 0 Å². The van der Waals surface area contributed by atoms with E-state index in [1.165, 1.54) is 18.3 Å². The molecule has 27 heavy (non-hydrogen) atoms. The van der Waals surface area contributed by atoms with Gasteiger partial charge in [0.05, 0.1) is 4.92 Å². The number of rotatable bonds is 7. The number of nitro groups is 1. The molecule has 0 saturated heterocycles. The van der Waals surface area contributed by atoms with Crippen LogP contribution in [-0.4, -0.2) is 27.5 Å². The molecule has 3 rings (SSSR count). The minimum absolute atomic E-state index is 0.168. The van der Waals surface area contributed by atoms with Crippen LogP contribution in [0.4, 0.5) is 21.8 Å². The van der Waals surface area contributed by atoms with Crippen molar-refractivity contribution < 1.29 is 9.31 Å². The van der Waals surface area contributed by atoms with Crippen LogP contribution >= 0.6 is 0 Å². The zero-order valence-electron chi connectivity index (χ0n) is 14.9. The van der Waals surface area contributed by atoms with Gasteiger partial charge in [0.15, 0.2) is 0 Å². The summed E-state index contributed by atoms with van der Waals surface area (Å²) in [5, 5.41) is 17.3. The van der Waals surface area contributed by atoms with Gasteiger partial charge in [-0.05, 0) is 49.3 Å².